The van der Waals surface area contributed by atoms with Crippen LogP contribution < -0.4 is 5.32 Å². The minimum absolute atomic E-state index is 0.177. The summed E-state index contributed by atoms with van der Waals surface area (Å²) >= 11 is 0. The van der Waals surface area contributed by atoms with Crippen LogP contribution in [0.5, 0.6) is 0 Å². The third kappa shape index (κ3) is 4.87. The zero-order valence-corrected chi connectivity index (χ0v) is 14.8. The molecular weight excluding hydrogens is 319 g/mol. The molecule has 0 fully saturated rings. The van der Waals surface area contributed by atoms with Gasteiger partial charge in [-0.25, -0.2) is 4.39 Å². The smallest absolute Gasteiger partial charge is 0.242 e. The lowest BCUT2D eigenvalue weighted by Crippen LogP contribution is -2.44. The maximum absolute atomic E-state index is 13.0. The second-order valence-corrected chi connectivity index (χ2v) is 6.18. The first-order valence-corrected chi connectivity index (χ1v) is 8.43. The van der Waals surface area contributed by atoms with Crippen LogP contribution >= 0.6 is 0 Å². The van der Waals surface area contributed by atoms with Crippen LogP contribution in [0.3, 0.4) is 0 Å². The van der Waals surface area contributed by atoms with Crippen LogP contribution in [-0.2, 0) is 4.79 Å². The molecule has 5 heteroatoms. The molecule has 2 rings (SSSR count). The standard InChI is InChI=1S/C20H25FN2O2/c1-4-23(3)18(15-8-6-5-7-9-15)20(25)22-14(2)19(24)16-10-12-17(21)13-11-16/h5-14,18-19,24H,4H2,1-3H3,(H,22,25). The van der Waals surface area contributed by atoms with Gasteiger partial charge in [0.2, 0.25) is 5.91 Å². The molecule has 2 N–H and O–H groups in total. The number of hydrogen-bond donors (Lipinski definition) is 2. The summed E-state index contributed by atoms with van der Waals surface area (Å²) in [6, 6.07) is 14.2. The van der Waals surface area contributed by atoms with Crippen LogP contribution in [0.15, 0.2) is 54.6 Å². The van der Waals surface area contributed by atoms with Crippen molar-refractivity contribution in [2.24, 2.45) is 0 Å². The summed E-state index contributed by atoms with van der Waals surface area (Å²) in [4.78, 5) is 14.8. The Kier molecular flexibility index (Phi) is 6.67. The molecule has 2 aromatic carbocycles. The van der Waals surface area contributed by atoms with Crippen molar-refractivity contribution in [2.75, 3.05) is 13.6 Å². The van der Waals surface area contributed by atoms with Gasteiger partial charge >= 0.3 is 0 Å². The molecule has 1 amide bonds. The summed E-state index contributed by atoms with van der Waals surface area (Å²) in [6.45, 7) is 4.43. The van der Waals surface area contributed by atoms with E-state index in [0.717, 1.165) is 5.56 Å². The van der Waals surface area contributed by atoms with Gasteiger partial charge in [0, 0.05) is 0 Å². The van der Waals surface area contributed by atoms with Gasteiger partial charge in [-0.2, -0.15) is 0 Å². The van der Waals surface area contributed by atoms with Crippen molar-refractivity contribution in [3.63, 3.8) is 0 Å². The topological polar surface area (TPSA) is 52.6 Å². The van der Waals surface area contributed by atoms with Crippen LogP contribution in [0.2, 0.25) is 0 Å². The molecule has 0 aliphatic carbocycles. The lowest BCUT2D eigenvalue weighted by atomic mass is 10.0. The molecule has 0 spiro atoms. The van der Waals surface area contributed by atoms with Crippen molar-refractivity contribution in [1.29, 1.82) is 0 Å². The number of aliphatic hydroxyl groups is 1. The Hall–Kier alpha value is -2.24. The van der Waals surface area contributed by atoms with Crippen molar-refractivity contribution in [3.05, 3.63) is 71.5 Å². The van der Waals surface area contributed by atoms with Gasteiger partial charge in [-0.3, -0.25) is 9.69 Å². The predicted molar refractivity (Wildman–Crippen MR) is 96.5 cm³/mol. The molecule has 3 unspecified atom stereocenters. The monoisotopic (exact) mass is 344 g/mol. The quantitative estimate of drug-likeness (QED) is 0.812. The van der Waals surface area contributed by atoms with E-state index in [1.807, 2.05) is 49.2 Å². The summed E-state index contributed by atoms with van der Waals surface area (Å²) < 4.78 is 13.0. The van der Waals surface area contributed by atoms with Gasteiger partial charge in [0.15, 0.2) is 0 Å². The lowest BCUT2D eigenvalue weighted by molar-refractivity contribution is -0.127. The molecule has 0 saturated carbocycles. The Bertz CT molecular complexity index is 676. The number of rotatable bonds is 7. The average molecular weight is 344 g/mol. The van der Waals surface area contributed by atoms with E-state index in [9.17, 15) is 14.3 Å². The molecule has 0 aliphatic rings. The second-order valence-electron chi connectivity index (χ2n) is 6.18. The fraction of sp³-hybridized carbons (Fsp3) is 0.350. The Labute approximate surface area is 148 Å². The van der Waals surface area contributed by atoms with Gasteiger partial charge in [0.1, 0.15) is 11.9 Å². The van der Waals surface area contributed by atoms with E-state index in [0.29, 0.717) is 12.1 Å². The van der Waals surface area contributed by atoms with Crippen LogP contribution in [0, 0.1) is 5.82 Å². The highest BCUT2D eigenvalue weighted by Crippen LogP contribution is 2.22. The first-order chi connectivity index (χ1) is 11.9. The Morgan fingerprint density at radius 2 is 1.72 bits per heavy atom. The van der Waals surface area contributed by atoms with Crippen molar-refractivity contribution in [3.8, 4) is 0 Å². The SMILES string of the molecule is CCN(C)C(C(=O)NC(C)C(O)c1ccc(F)cc1)c1ccccc1. The molecule has 4 nitrogen and oxygen atoms in total. The minimum Gasteiger partial charge on any atom is -0.386 e. The highest BCUT2D eigenvalue weighted by Gasteiger charge is 2.27. The fourth-order valence-corrected chi connectivity index (χ4v) is 2.75. The molecule has 0 aromatic heterocycles. The Morgan fingerprint density at radius 1 is 1.12 bits per heavy atom. The summed E-state index contributed by atoms with van der Waals surface area (Å²) in [5.74, 6) is -0.537. The number of likely N-dealkylation sites (N-methyl/N-ethyl adjacent to an activating group) is 1. The summed E-state index contributed by atoms with van der Waals surface area (Å²) in [6.07, 6.45) is -0.909. The van der Waals surface area contributed by atoms with E-state index in [-0.39, 0.29) is 11.7 Å². The van der Waals surface area contributed by atoms with Gasteiger partial charge in [-0.1, -0.05) is 49.4 Å². The van der Waals surface area contributed by atoms with E-state index in [1.54, 1.807) is 6.92 Å². The summed E-state index contributed by atoms with van der Waals surface area (Å²) in [7, 11) is 1.89. The highest BCUT2D eigenvalue weighted by atomic mass is 19.1. The number of hydrogen-bond acceptors (Lipinski definition) is 3. The molecule has 0 bridgehead atoms. The number of carbonyl (C=O) groups excluding carboxylic acids is 1. The van der Waals surface area contributed by atoms with Crippen molar-refractivity contribution in [2.45, 2.75) is 32.0 Å². The van der Waals surface area contributed by atoms with Crippen LogP contribution in [0.4, 0.5) is 4.39 Å². The Balaban J connectivity index is 2.13. The zero-order valence-electron chi connectivity index (χ0n) is 14.8. The number of amides is 1. The van der Waals surface area contributed by atoms with E-state index in [1.165, 1.54) is 24.3 Å². The van der Waals surface area contributed by atoms with Crippen LogP contribution in [-0.4, -0.2) is 35.5 Å². The number of carbonyl (C=O) groups is 1. The van der Waals surface area contributed by atoms with E-state index >= 15 is 0 Å². The lowest BCUT2D eigenvalue weighted by Gasteiger charge is -2.29. The van der Waals surface area contributed by atoms with Crippen molar-refractivity contribution >= 4 is 5.91 Å². The first kappa shape index (κ1) is 19.1. The van der Waals surface area contributed by atoms with Gasteiger partial charge in [-0.05, 0) is 43.8 Å². The van der Waals surface area contributed by atoms with E-state index in [2.05, 4.69) is 5.32 Å². The van der Waals surface area contributed by atoms with Gasteiger partial charge in [0.25, 0.3) is 0 Å². The van der Waals surface area contributed by atoms with E-state index in [4.69, 9.17) is 0 Å². The minimum atomic E-state index is -0.909. The van der Waals surface area contributed by atoms with Gasteiger partial charge in [0.05, 0.1) is 12.1 Å². The number of benzene rings is 2. The normalized spacial score (nSPS) is 14.8. The predicted octanol–water partition coefficient (Wildman–Crippen LogP) is 3.06. The number of aliphatic hydroxyl groups excluding tert-OH is 1. The van der Waals surface area contributed by atoms with Crippen molar-refractivity contribution in [1.82, 2.24) is 10.2 Å². The molecule has 3 atom stereocenters. The summed E-state index contributed by atoms with van der Waals surface area (Å²) in [5.41, 5.74) is 1.46. The molecule has 0 saturated heterocycles. The molecule has 25 heavy (non-hydrogen) atoms. The van der Waals surface area contributed by atoms with Gasteiger partial charge < -0.3 is 10.4 Å². The number of nitrogens with zero attached hydrogens (tertiary/aromatic N) is 1. The Morgan fingerprint density at radius 3 is 2.28 bits per heavy atom. The maximum Gasteiger partial charge on any atom is 0.242 e. The van der Waals surface area contributed by atoms with Crippen LogP contribution in [0.1, 0.15) is 37.1 Å². The van der Waals surface area contributed by atoms with Crippen molar-refractivity contribution < 1.29 is 14.3 Å². The third-order valence-corrected chi connectivity index (χ3v) is 4.36. The zero-order chi connectivity index (χ0) is 18.4. The number of halogens is 1. The average Bonchev–Trinajstić information content (AvgIpc) is 2.62. The maximum atomic E-state index is 13.0. The molecule has 0 aliphatic heterocycles. The van der Waals surface area contributed by atoms with Gasteiger partial charge in [-0.15, -0.1) is 0 Å². The summed E-state index contributed by atoms with van der Waals surface area (Å²) in [5, 5.41) is 13.3. The first-order valence-electron chi connectivity index (χ1n) is 8.43. The molecule has 134 valence electrons. The third-order valence-electron chi connectivity index (χ3n) is 4.36. The highest BCUT2D eigenvalue weighted by molar-refractivity contribution is 5.83. The molecule has 0 radical (unpaired) electrons. The largest absolute Gasteiger partial charge is 0.386 e. The van der Waals surface area contributed by atoms with E-state index < -0.39 is 18.2 Å². The van der Waals surface area contributed by atoms with Crippen LogP contribution in [0.25, 0.3) is 0 Å². The molecule has 0 heterocycles. The number of nitrogens with one attached hydrogen (secondary N) is 1. The molecule has 2 aromatic rings. The fourth-order valence-electron chi connectivity index (χ4n) is 2.75. The molecular formula is C20H25FN2O2. The second kappa shape index (κ2) is 8.74.